The van der Waals surface area contributed by atoms with Gasteiger partial charge in [0, 0.05) is 31.9 Å². The summed E-state index contributed by atoms with van der Waals surface area (Å²) in [5.74, 6) is 0. The van der Waals surface area contributed by atoms with Gasteiger partial charge in [0.05, 0.1) is 18.0 Å². The van der Waals surface area contributed by atoms with Gasteiger partial charge in [-0.15, -0.1) is 0 Å². The van der Waals surface area contributed by atoms with Crippen LogP contribution in [0.5, 0.6) is 0 Å². The molecule has 2 heterocycles. The predicted octanol–water partition coefficient (Wildman–Crippen LogP) is 0.732. The van der Waals surface area contributed by atoms with Crippen molar-refractivity contribution in [2.75, 3.05) is 19.3 Å². The van der Waals surface area contributed by atoms with Gasteiger partial charge in [-0.2, -0.15) is 5.10 Å². The monoisotopic (exact) mass is 298 g/mol. The molecule has 0 bridgehead atoms. The summed E-state index contributed by atoms with van der Waals surface area (Å²) in [7, 11) is -3.11. The maximum Gasteiger partial charge on any atom is 0.208 e. The molecule has 1 aliphatic heterocycles. The van der Waals surface area contributed by atoms with Gasteiger partial charge in [-0.05, 0) is 25.3 Å². The number of aromatic nitrogens is 2. The Balaban J connectivity index is 1.66. The molecule has 1 saturated carbocycles. The second kappa shape index (κ2) is 5.46. The first-order chi connectivity index (χ1) is 9.53. The van der Waals surface area contributed by atoms with Crippen LogP contribution in [0.3, 0.4) is 0 Å². The molecule has 1 aliphatic carbocycles. The molecule has 1 atom stereocenters. The molecule has 7 heteroatoms. The van der Waals surface area contributed by atoms with Gasteiger partial charge in [0.25, 0.3) is 0 Å². The number of nitrogens with one attached hydrogen (secondary N) is 1. The Labute approximate surface area is 120 Å². The van der Waals surface area contributed by atoms with Crippen LogP contribution in [0.1, 0.15) is 37.4 Å². The van der Waals surface area contributed by atoms with E-state index in [-0.39, 0.29) is 6.04 Å². The Morgan fingerprint density at radius 3 is 2.90 bits per heavy atom. The van der Waals surface area contributed by atoms with E-state index >= 15 is 0 Å². The first kappa shape index (κ1) is 14.0. The van der Waals surface area contributed by atoms with Crippen LogP contribution >= 0.6 is 0 Å². The summed E-state index contributed by atoms with van der Waals surface area (Å²) in [5, 5.41) is 4.40. The van der Waals surface area contributed by atoms with Gasteiger partial charge in [0.1, 0.15) is 0 Å². The molecule has 6 nitrogen and oxygen atoms in total. The average molecular weight is 298 g/mol. The average Bonchev–Trinajstić information content (AvgIpc) is 2.73. The van der Waals surface area contributed by atoms with Crippen molar-refractivity contribution >= 4 is 10.0 Å². The Kier molecular flexibility index (Phi) is 3.83. The first-order valence-corrected chi connectivity index (χ1v) is 9.13. The van der Waals surface area contributed by atoms with E-state index in [2.05, 4.69) is 25.5 Å². The third kappa shape index (κ3) is 3.05. The molecule has 0 aromatic carbocycles. The predicted molar refractivity (Wildman–Crippen MR) is 76.8 cm³/mol. The lowest BCUT2D eigenvalue weighted by Gasteiger charge is -2.42. The Morgan fingerprint density at radius 1 is 1.45 bits per heavy atom. The van der Waals surface area contributed by atoms with Crippen molar-refractivity contribution in [3.8, 4) is 0 Å². The van der Waals surface area contributed by atoms with Crippen molar-refractivity contribution < 1.29 is 8.42 Å². The van der Waals surface area contributed by atoms with Crippen LogP contribution in [0.2, 0.25) is 0 Å². The summed E-state index contributed by atoms with van der Waals surface area (Å²) in [5.41, 5.74) is 1.24. The molecule has 0 spiro atoms. The summed E-state index contributed by atoms with van der Waals surface area (Å²) in [4.78, 5) is 2.53. The quantitative estimate of drug-likeness (QED) is 0.870. The Hall–Kier alpha value is -0.920. The molecule has 2 aliphatic rings. The Bertz CT molecular complexity index is 565. The fourth-order valence-electron chi connectivity index (χ4n) is 3.07. The Morgan fingerprint density at radius 2 is 2.25 bits per heavy atom. The van der Waals surface area contributed by atoms with Crippen molar-refractivity contribution in [1.82, 2.24) is 19.4 Å². The van der Waals surface area contributed by atoms with Crippen LogP contribution in [0, 0.1) is 0 Å². The fraction of sp³-hybridized carbons (Fsp3) is 0.769. The standard InChI is InChI=1S/C13H22N4O2S/c1-20(18,19)15-8-6-13-10-16(11-3-2-4-11)9-12-5-7-14-17(12)13/h5,7,11,13,15H,2-4,6,8-10H2,1H3. The zero-order valence-electron chi connectivity index (χ0n) is 11.8. The number of fused-ring (bicyclic) bond motifs is 1. The third-order valence-electron chi connectivity index (χ3n) is 4.34. The van der Waals surface area contributed by atoms with Crippen LogP contribution < -0.4 is 4.72 Å². The van der Waals surface area contributed by atoms with Gasteiger partial charge in [-0.1, -0.05) is 6.42 Å². The van der Waals surface area contributed by atoms with Crippen LogP contribution in [0.25, 0.3) is 0 Å². The largest absolute Gasteiger partial charge is 0.292 e. The van der Waals surface area contributed by atoms with E-state index < -0.39 is 10.0 Å². The molecule has 3 rings (SSSR count). The molecule has 1 unspecified atom stereocenters. The van der Waals surface area contributed by atoms with Gasteiger partial charge in [0.15, 0.2) is 0 Å². The maximum absolute atomic E-state index is 11.2. The topological polar surface area (TPSA) is 67.2 Å². The van der Waals surface area contributed by atoms with E-state index in [1.54, 1.807) is 0 Å². The van der Waals surface area contributed by atoms with Crippen molar-refractivity contribution in [2.24, 2.45) is 0 Å². The minimum atomic E-state index is -3.11. The lowest BCUT2D eigenvalue weighted by Crippen LogP contribution is -2.47. The zero-order valence-corrected chi connectivity index (χ0v) is 12.6. The molecule has 0 saturated heterocycles. The summed E-state index contributed by atoms with van der Waals surface area (Å²) in [6, 6.07) is 3.05. The second-order valence-electron chi connectivity index (χ2n) is 5.89. The number of hydrogen-bond donors (Lipinski definition) is 1. The molecule has 1 aromatic rings. The minimum absolute atomic E-state index is 0.267. The first-order valence-electron chi connectivity index (χ1n) is 7.24. The number of hydrogen-bond acceptors (Lipinski definition) is 4. The fourth-order valence-corrected chi connectivity index (χ4v) is 3.56. The molecule has 0 radical (unpaired) electrons. The zero-order chi connectivity index (χ0) is 14.2. The summed E-state index contributed by atoms with van der Waals surface area (Å²) in [6.07, 6.45) is 7.75. The molecule has 20 heavy (non-hydrogen) atoms. The van der Waals surface area contributed by atoms with E-state index in [9.17, 15) is 8.42 Å². The third-order valence-corrected chi connectivity index (χ3v) is 5.07. The highest BCUT2D eigenvalue weighted by molar-refractivity contribution is 7.88. The lowest BCUT2D eigenvalue weighted by molar-refractivity contribution is 0.0733. The van der Waals surface area contributed by atoms with Crippen molar-refractivity contribution in [3.63, 3.8) is 0 Å². The number of rotatable bonds is 5. The lowest BCUT2D eigenvalue weighted by atomic mass is 9.90. The van der Waals surface area contributed by atoms with Crippen molar-refractivity contribution in [3.05, 3.63) is 18.0 Å². The summed E-state index contributed by atoms with van der Waals surface area (Å²) in [6.45, 7) is 2.42. The van der Waals surface area contributed by atoms with Gasteiger partial charge >= 0.3 is 0 Å². The molecular formula is C13H22N4O2S. The van der Waals surface area contributed by atoms with Crippen LogP contribution in [0.15, 0.2) is 12.3 Å². The summed E-state index contributed by atoms with van der Waals surface area (Å²) < 4.78 is 27.0. The summed E-state index contributed by atoms with van der Waals surface area (Å²) >= 11 is 0. The number of sulfonamides is 1. The van der Waals surface area contributed by atoms with Crippen LogP contribution in [0.4, 0.5) is 0 Å². The smallest absolute Gasteiger partial charge is 0.208 e. The molecule has 0 amide bonds. The van der Waals surface area contributed by atoms with E-state index in [1.165, 1.54) is 31.2 Å². The van der Waals surface area contributed by atoms with Crippen molar-refractivity contribution in [2.45, 2.75) is 44.3 Å². The van der Waals surface area contributed by atoms with Crippen molar-refractivity contribution in [1.29, 1.82) is 0 Å². The molecule has 112 valence electrons. The van der Waals surface area contributed by atoms with Gasteiger partial charge < -0.3 is 0 Å². The molecule has 1 aromatic heterocycles. The highest BCUT2D eigenvalue weighted by Gasteiger charge is 2.32. The van der Waals surface area contributed by atoms with E-state index in [0.29, 0.717) is 12.6 Å². The highest BCUT2D eigenvalue weighted by Crippen LogP contribution is 2.31. The van der Waals surface area contributed by atoms with Gasteiger partial charge in [-0.25, -0.2) is 13.1 Å². The van der Waals surface area contributed by atoms with Crippen LogP contribution in [-0.4, -0.2) is 48.5 Å². The molecule has 1 fully saturated rings. The van der Waals surface area contributed by atoms with E-state index in [0.717, 1.165) is 19.5 Å². The van der Waals surface area contributed by atoms with E-state index in [1.807, 2.05) is 6.20 Å². The second-order valence-corrected chi connectivity index (χ2v) is 7.72. The van der Waals surface area contributed by atoms with Gasteiger partial charge in [-0.3, -0.25) is 9.58 Å². The van der Waals surface area contributed by atoms with E-state index in [4.69, 9.17) is 0 Å². The van der Waals surface area contributed by atoms with Gasteiger partial charge in [0.2, 0.25) is 10.0 Å². The number of nitrogens with zero attached hydrogens (tertiary/aromatic N) is 3. The highest BCUT2D eigenvalue weighted by atomic mass is 32.2. The normalized spacial score (nSPS) is 24.4. The van der Waals surface area contributed by atoms with Crippen LogP contribution in [-0.2, 0) is 16.6 Å². The molecule has 1 N–H and O–H groups in total. The minimum Gasteiger partial charge on any atom is -0.292 e. The SMILES string of the molecule is CS(=O)(=O)NCCC1CN(C2CCC2)Cc2ccnn21. The maximum atomic E-state index is 11.2. The molecular weight excluding hydrogens is 276 g/mol.